The van der Waals surface area contributed by atoms with Crippen molar-refractivity contribution in [3.05, 3.63) is 89.5 Å². The van der Waals surface area contributed by atoms with E-state index < -0.39 is 10.3 Å². The zero-order chi connectivity index (χ0) is 23.0. The monoisotopic (exact) mass is 448 g/mol. The summed E-state index contributed by atoms with van der Waals surface area (Å²) in [7, 11) is -2.18. The Hall–Kier alpha value is -2.52. The van der Waals surface area contributed by atoms with Crippen molar-refractivity contribution in [3.63, 3.8) is 0 Å². The standard InChI is InChI=1S/C29H36O2S/c1-5-8-24-11-17-27(18-12-24)32(31-23(4)30,28-19-13-25(9-6-2)14-20-28)29-21-15-26(10-7-3)16-22-29/h11-22H,5-10H2,1-4H3. The predicted molar refractivity (Wildman–Crippen MR) is 135 cm³/mol. The highest BCUT2D eigenvalue weighted by Crippen LogP contribution is 2.69. The molecule has 0 aliphatic rings. The molecule has 0 atom stereocenters. The number of hydrogen-bond donors (Lipinski definition) is 0. The van der Waals surface area contributed by atoms with Crippen molar-refractivity contribution in [1.82, 2.24) is 0 Å². The van der Waals surface area contributed by atoms with Crippen LogP contribution in [0.1, 0.15) is 63.6 Å². The summed E-state index contributed by atoms with van der Waals surface area (Å²) >= 11 is 0. The summed E-state index contributed by atoms with van der Waals surface area (Å²) in [4.78, 5) is 15.7. The molecule has 0 fully saturated rings. The second-order valence-corrected chi connectivity index (χ2v) is 11.0. The number of benzene rings is 3. The van der Waals surface area contributed by atoms with Crippen LogP contribution in [0.3, 0.4) is 0 Å². The Bertz CT molecular complexity index is 868. The van der Waals surface area contributed by atoms with E-state index in [1.54, 1.807) is 0 Å². The Morgan fingerprint density at radius 1 is 0.594 bits per heavy atom. The Balaban J connectivity index is 2.20. The van der Waals surface area contributed by atoms with Crippen LogP contribution in [0.15, 0.2) is 87.5 Å². The number of carbonyl (C=O) groups excluding carboxylic acids is 1. The van der Waals surface area contributed by atoms with Gasteiger partial charge in [-0.3, -0.25) is 4.79 Å². The number of aryl methyl sites for hydroxylation is 3. The molecule has 0 amide bonds. The van der Waals surface area contributed by atoms with Crippen LogP contribution in [-0.2, 0) is 28.2 Å². The van der Waals surface area contributed by atoms with Crippen molar-refractivity contribution in [2.45, 2.75) is 80.9 Å². The van der Waals surface area contributed by atoms with Crippen LogP contribution >= 0.6 is 10.3 Å². The van der Waals surface area contributed by atoms with Crippen molar-refractivity contribution >= 4 is 16.3 Å². The van der Waals surface area contributed by atoms with Gasteiger partial charge in [0.15, 0.2) is 0 Å². The molecule has 3 aromatic carbocycles. The van der Waals surface area contributed by atoms with Crippen LogP contribution in [-0.4, -0.2) is 5.97 Å². The third-order valence-electron chi connectivity index (χ3n) is 5.62. The SMILES string of the molecule is CCCc1ccc(S(OC(C)=O)(c2ccc(CCC)cc2)c2ccc(CCC)cc2)cc1. The molecule has 0 bridgehead atoms. The first-order valence-electron chi connectivity index (χ1n) is 11.8. The summed E-state index contributed by atoms with van der Waals surface area (Å²) in [5.74, 6) is -0.257. The van der Waals surface area contributed by atoms with Crippen LogP contribution in [0.25, 0.3) is 0 Å². The van der Waals surface area contributed by atoms with Crippen molar-refractivity contribution in [1.29, 1.82) is 0 Å². The van der Waals surface area contributed by atoms with Gasteiger partial charge in [0.25, 0.3) is 0 Å². The first-order valence-corrected chi connectivity index (χ1v) is 13.4. The second-order valence-electron chi connectivity index (χ2n) is 8.31. The third kappa shape index (κ3) is 5.45. The topological polar surface area (TPSA) is 26.3 Å². The Morgan fingerprint density at radius 3 is 1.09 bits per heavy atom. The largest absolute Gasteiger partial charge is 0.402 e. The molecular formula is C29H36O2S. The van der Waals surface area contributed by atoms with E-state index in [9.17, 15) is 4.79 Å². The second kappa shape index (κ2) is 11.4. The summed E-state index contributed by atoms with van der Waals surface area (Å²) < 4.78 is 6.34. The van der Waals surface area contributed by atoms with Crippen LogP contribution in [0.5, 0.6) is 0 Å². The van der Waals surface area contributed by atoms with Crippen molar-refractivity contribution in [3.8, 4) is 0 Å². The van der Waals surface area contributed by atoms with E-state index in [2.05, 4.69) is 93.6 Å². The predicted octanol–water partition coefficient (Wildman–Crippen LogP) is 8.30. The molecule has 0 aliphatic carbocycles. The maximum absolute atomic E-state index is 12.5. The molecule has 0 unspecified atom stereocenters. The fraction of sp³-hybridized carbons (Fsp3) is 0.345. The first-order chi connectivity index (χ1) is 15.5. The lowest BCUT2D eigenvalue weighted by Crippen LogP contribution is -2.12. The Morgan fingerprint density at radius 2 is 0.875 bits per heavy atom. The number of carbonyl (C=O) groups is 1. The van der Waals surface area contributed by atoms with Gasteiger partial charge in [-0.1, -0.05) is 76.4 Å². The zero-order valence-electron chi connectivity index (χ0n) is 19.9. The molecule has 32 heavy (non-hydrogen) atoms. The van der Waals surface area contributed by atoms with Gasteiger partial charge < -0.3 is 4.18 Å². The van der Waals surface area contributed by atoms with Gasteiger partial charge in [0.1, 0.15) is 0 Å². The van der Waals surface area contributed by atoms with Gasteiger partial charge in [0, 0.05) is 21.6 Å². The van der Waals surface area contributed by atoms with E-state index >= 15 is 0 Å². The summed E-state index contributed by atoms with van der Waals surface area (Å²) in [6, 6.07) is 26.0. The van der Waals surface area contributed by atoms with E-state index in [1.807, 2.05) is 0 Å². The Labute approximate surface area is 195 Å². The van der Waals surface area contributed by atoms with Crippen molar-refractivity contribution in [2.24, 2.45) is 0 Å². The highest BCUT2D eigenvalue weighted by molar-refractivity contribution is 8.30. The van der Waals surface area contributed by atoms with Gasteiger partial charge in [-0.2, -0.15) is 0 Å². The van der Waals surface area contributed by atoms with E-state index in [0.29, 0.717) is 0 Å². The van der Waals surface area contributed by atoms with Crippen molar-refractivity contribution in [2.75, 3.05) is 0 Å². The molecule has 0 aliphatic heterocycles. The number of hydrogen-bond acceptors (Lipinski definition) is 2. The summed E-state index contributed by atoms with van der Waals surface area (Å²) in [6.07, 6.45) is 6.48. The average Bonchev–Trinajstić information content (AvgIpc) is 2.80. The summed E-state index contributed by atoms with van der Waals surface area (Å²) in [5, 5.41) is 0. The lowest BCUT2D eigenvalue weighted by atomic mass is 10.1. The molecule has 0 aromatic heterocycles. The quantitative estimate of drug-likeness (QED) is 0.312. The maximum atomic E-state index is 12.5. The molecule has 0 spiro atoms. The molecule has 0 radical (unpaired) electrons. The smallest absolute Gasteiger partial charge is 0.313 e. The fourth-order valence-electron chi connectivity index (χ4n) is 4.14. The molecule has 0 heterocycles. The van der Waals surface area contributed by atoms with Gasteiger partial charge in [0.2, 0.25) is 0 Å². The highest BCUT2D eigenvalue weighted by Gasteiger charge is 2.35. The first kappa shape index (κ1) is 24.1. The van der Waals surface area contributed by atoms with Gasteiger partial charge in [-0.15, -0.1) is 0 Å². The van der Waals surface area contributed by atoms with E-state index in [0.717, 1.165) is 53.2 Å². The minimum absolute atomic E-state index is 0.257. The molecule has 0 saturated heterocycles. The van der Waals surface area contributed by atoms with Crippen LogP contribution in [0.4, 0.5) is 0 Å². The molecular weight excluding hydrogens is 412 g/mol. The fourth-order valence-corrected chi connectivity index (χ4v) is 7.15. The van der Waals surface area contributed by atoms with E-state index in [-0.39, 0.29) is 5.97 Å². The van der Waals surface area contributed by atoms with Gasteiger partial charge in [-0.05, 0) is 82.7 Å². The van der Waals surface area contributed by atoms with E-state index in [4.69, 9.17) is 4.18 Å². The van der Waals surface area contributed by atoms with Crippen LogP contribution in [0, 0.1) is 0 Å². The molecule has 0 N–H and O–H groups in total. The molecule has 170 valence electrons. The maximum Gasteiger partial charge on any atom is 0.313 e. The highest BCUT2D eigenvalue weighted by atomic mass is 32.3. The number of rotatable bonds is 10. The zero-order valence-corrected chi connectivity index (χ0v) is 20.7. The molecule has 3 heteroatoms. The van der Waals surface area contributed by atoms with Crippen LogP contribution in [0.2, 0.25) is 0 Å². The molecule has 3 rings (SSSR count). The molecule has 3 aromatic rings. The van der Waals surface area contributed by atoms with Gasteiger partial charge in [-0.25, -0.2) is 0 Å². The minimum atomic E-state index is -2.18. The third-order valence-corrected chi connectivity index (χ3v) is 8.92. The minimum Gasteiger partial charge on any atom is -0.402 e. The molecule has 0 saturated carbocycles. The lowest BCUT2D eigenvalue weighted by molar-refractivity contribution is -0.131. The van der Waals surface area contributed by atoms with Crippen LogP contribution < -0.4 is 0 Å². The average molecular weight is 449 g/mol. The molecule has 2 nitrogen and oxygen atoms in total. The van der Waals surface area contributed by atoms with Crippen molar-refractivity contribution < 1.29 is 8.98 Å². The van der Waals surface area contributed by atoms with Gasteiger partial charge in [0.05, 0.1) is 0 Å². The summed E-state index contributed by atoms with van der Waals surface area (Å²) in [5.41, 5.74) is 3.93. The normalized spacial score (nSPS) is 11.9. The Kier molecular flexibility index (Phi) is 8.58. The van der Waals surface area contributed by atoms with Gasteiger partial charge >= 0.3 is 5.97 Å². The van der Waals surface area contributed by atoms with E-state index in [1.165, 1.54) is 23.6 Å². The summed E-state index contributed by atoms with van der Waals surface area (Å²) in [6.45, 7) is 8.10. The lowest BCUT2D eigenvalue weighted by Gasteiger charge is -2.39.